The van der Waals surface area contributed by atoms with Crippen molar-refractivity contribution >= 4 is 46.6 Å². The van der Waals surface area contributed by atoms with Gasteiger partial charge in [0.05, 0.1) is 10.0 Å². The van der Waals surface area contributed by atoms with Crippen LogP contribution >= 0.6 is 46.6 Å². The summed E-state index contributed by atoms with van der Waals surface area (Å²) >= 11 is 20.0. The van der Waals surface area contributed by atoms with E-state index in [0.717, 1.165) is 11.1 Å². The Hall–Kier alpha value is -0.340. The van der Waals surface area contributed by atoms with Gasteiger partial charge in [0, 0.05) is 15.5 Å². The lowest BCUT2D eigenvalue weighted by molar-refractivity contribution is 1.46. The molecule has 0 bridgehead atoms. The Morgan fingerprint density at radius 3 is 2.00 bits per heavy atom. The zero-order valence-corrected chi connectivity index (χ0v) is 12.1. The quantitative estimate of drug-likeness (QED) is 0.482. The number of hydrogen-bond donors (Lipinski definition) is 0. The fraction of sp³-hybridized carbons (Fsp3) is 0.0769. The van der Waals surface area contributed by atoms with Gasteiger partial charge in [-0.3, -0.25) is 0 Å². The maximum atomic E-state index is 6.19. The van der Waals surface area contributed by atoms with Gasteiger partial charge in [-0.15, -0.1) is 11.8 Å². The fourth-order valence-corrected chi connectivity index (χ4v) is 2.70. The van der Waals surface area contributed by atoms with Crippen molar-refractivity contribution in [1.82, 2.24) is 0 Å². The Kier molecular flexibility index (Phi) is 4.26. The van der Waals surface area contributed by atoms with Crippen molar-refractivity contribution in [2.75, 3.05) is 6.26 Å². The molecule has 2 aromatic rings. The lowest BCUT2D eigenvalue weighted by atomic mass is 10.1. The zero-order chi connectivity index (χ0) is 12.4. The van der Waals surface area contributed by atoms with E-state index in [-0.39, 0.29) is 0 Å². The van der Waals surface area contributed by atoms with Gasteiger partial charge < -0.3 is 0 Å². The van der Waals surface area contributed by atoms with Crippen LogP contribution < -0.4 is 0 Å². The second-order valence-corrected chi connectivity index (χ2v) is 5.52. The van der Waals surface area contributed by atoms with E-state index < -0.39 is 0 Å². The molecule has 0 unspecified atom stereocenters. The molecule has 4 heteroatoms. The molecule has 0 fully saturated rings. The monoisotopic (exact) mass is 302 g/mol. The van der Waals surface area contributed by atoms with Gasteiger partial charge >= 0.3 is 0 Å². The largest absolute Gasteiger partial charge is 0.130 e. The smallest absolute Gasteiger partial charge is 0.0685 e. The van der Waals surface area contributed by atoms with Crippen molar-refractivity contribution in [2.45, 2.75) is 4.90 Å². The molecule has 0 aliphatic rings. The minimum Gasteiger partial charge on any atom is -0.130 e. The molecule has 0 amide bonds. The van der Waals surface area contributed by atoms with Crippen LogP contribution in [0.2, 0.25) is 15.1 Å². The number of hydrogen-bond acceptors (Lipinski definition) is 1. The first-order valence-corrected chi connectivity index (χ1v) is 7.27. The second-order valence-electron chi connectivity index (χ2n) is 3.45. The van der Waals surface area contributed by atoms with Gasteiger partial charge in [0.1, 0.15) is 0 Å². The van der Waals surface area contributed by atoms with E-state index in [0.29, 0.717) is 15.1 Å². The lowest BCUT2D eigenvalue weighted by Crippen LogP contribution is -1.83. The standard InChI is InChI=1S/C13H9Cl3S/c1-17-9-4-2-8(3-5-9)12-10(14)6-7-11(15)13(12)16/h2-7H,1H3. The zero-order valence-electron chi connectivity index (χ0n) is 9.01. The van der Waals surface area contributed by atoms with Crippen LogP contribution in [0, 0.1) is 0 Å². The van der Waals surface area contributed by atoms with Crippen LogP contribution in [0.3, 0.4) is 0 Å². The molecule has 0 radical (unpaired) electrons. The molecule has 88 valence electrons. The topological polar surface area (TPSA) is 0 Å². The molecule has 0 aliphatic heterocycles. The van der Waals surface area contributed by atoms with E-state index in [1.54, 1.807) is 23.9 Å². The molecular weight excluding hydrogens is 295 g/mol. The highest BCUT2D eigenvalue weighted by Gasteiger charge is 2.11. The summed E-state index contributed by atoms with van der Waals surface area (Å²) in [6, 6.07) is 11.5. The highest BCUT2D eigenvalue weighted by atomic mass is 35.5. The minimum absolute atomic E-state index is 0.496. The van der Waals surface area contributed by atoms with Crippen LogP contribution in [-0.4, -0.2) is 6.26 Å². The van der Waals surface area contributed by atoms with E-state index in [9.17, 15) is 0 Å². The summed E-state index contributed by atoms with van der Waals surface area (Å²) in [7, 11) is 0. The third-order valence-corrected chi connectivity index (χ3v) is 4.29. The van der Waals surface area contributed by atoms with Crippen molar-refractivity contribution in [2.24, 2.45) is 0 Å². The molecule has 0 saturated carbocycles. The van der Waals surface area contributed by atoms with Crippen LogP contribution in [0.4, 0.5) is 0 Å². The minimum atomic E-state index is 0.496. The molecule has 17 heavy (non-hydrogen) atoms. The number of rotatable bonds is 2. The molecule has 0 N–H and O–H groups in total. The third-order valence-electron chi connectivity index (χ3n) is 2.42. The first-order chi connectivity index (χ1) is 8.13. The molecule has 0 spiro atoms. The molecule has 0 heterocycles. The lowest BCUT2D eigenvalue weighted by Gasteiger charge is -2.09. The van der Waals surface area contributed by atoms with Crippen molar-refractivity contribution < 1.29 is 0 Å². The van der Waals surface area contributed by atoms with Crippen LogP contribution in [0.25, 0.3) is 11.1 Å². The average molecular weight is 304 g/mol. The van der Waals surface area contributed by atoms with Crippen molar-refractivity contribution in [1.29, 1.82) is 0 Å². The molecule has 2 aromatic carbocycles. The summed E-state index contributed by atoms with van der Waals surface area (Å²) in [6.07, 6.45) is 2.04. The van der Waals surface area contributed by atoms with Gasteiger partial charge in [0.2, 0.25) is 0 Å². The predicted molar refractivity (Wildman–Crippen MR) is 78.7 cm³/mol. The molecule has 2 rings (SSSR count). The SMILES string of the molecule is CSc1ccc(-c2c(Cl)ccc(Cl)c2Cl)cc1. The maximum absolute atomic E-state index is 6.19. The van der Waals surface area contributed by atoms with E-state index in [1.807, 2.05) is 30.5 Å². The first kappa shape index (κ1) is 13.1. The van der Waals surface area contributed by atoms with Gasteiger partial charge in [0.15, 0.2) is 0 Å². The molecule has 0 aliphatic carbocycles. The van der Waals surface area contributed by atoms with Gasteiger partial charge in [-0.1, -0.05) is 46.9 Å². The molecule has 0 atom stereocenters. The Balaban J connectivity index is 2.55. The Labute approximate surface area is 120 Å². The second kappa shape index (κ2) is 5.53. The van der Waals surface area contributed by atoms with Crippen molar-refractivity contribution in [3.8, 4) is 11.1 Å². The highest BCUT2D eigenvalue weighted by Crippen LogP contribution is 2.39. The average Bonchev–Trinajstić information content (AvgIpc) is 2.35. The Morgan fingerprint density at radius 2 is 1.41 bits per heavy atom. The van der Waals surface area contributed by atoms with Gasteiger partial charge in [-0.2, -0.15) is 0 Å². The summed E-state index contributed by atoms with van der Waals surface area (Å²) in [4.78, 5) is 1.20. The van der Waals surface area contributed by atoms with E-state index in [2.05, 4.69) is 0 Å². The molecule has 0 nitrogen and oxygen atoms in total. The highest BCUT2D eigenvalue weighted by molar-refractivity contribution is 7.98. The summed E-state index contributed by atoms with van der Waals surface area (Å²) in [5, 5.41) is 1.62. The molecule has 0 saturated heterocycles. The van der Waals surface area contributed by atoms with E-state index in [4.69, 9.17) is 34.8 Å². The third kappa shape index (κ3) is 2.74. The van der Waals surface area contributed by atoms with Crippen molar-refractivity contribution in [3.05, 3.63) is 51.5 Å². The summed E-state index contributed by atoms with van der Waals surface area (Å²) in [6.45, 7) is 0. The number of halogens is 3. The van der Waals surface area contributed by atoms with E-state index in [1.165, 1.54) is 4.90 Å². The van der Waals surface area contributed by atoms with Crippen molar-refractivity contribution in [3.63, 3.8) is 0 Å². The normalized spacial score (nSPS) is 10.6. The fourth-order valence-electron chi connectivity index (χ4n) is 1.55. The molecular formula is C13H9Cl3S. The Morgan fingerprint density at radius 1 is 0.824 bits per heavy atom. The summed E-state index contributed by atoms with van der Waals surface area (Å²) < 4.78 is 0. The Bertz CT molecular complexity index is 535. The summed E-state index contributed by atoms with van der Waals surface area (Å²) in [5.41, 5.74) is 1.76. The summed E-state index contributed by atoms with van der Waals surface area (Å²) in [5.74, 6) is 0. The first-order valence-electron chi connectivity index (χ1n) is 4.91. The molecule has 0 aromatic heterocycles. The number of benzene rings is 2. The predicted octanol–water partition coefficient (Wildman–Crippen LogP) is 6.04. The van der Waals surface area contributed by atoms with Crippen LogP contribution in [0.1, 0.15) is 0 Å². The number of thioether (sulfide) groups is 1. The van der Waals surface area contributed by atoms with E-state index >= 15 is 0 Å². The van der Waals surface area contributed by atoms with Crippen LogP contribution in [0.5, 0.6) is 0 Å². The van der Waals surface area contributed by atoms with Gasteiger partial charge in [0.25, 0.3) is 0 Å². The van der Waals surface area contributed by atoms with Gasteiger partial charge in [-0.05, 0) is 36.1 Å². The van der Waals surface area contributed by atoms with Crippen LogP contribution in [0.15, 0.2) is 41.3 Å². The maximum Gasteiger partial charge on any atom is 0.0685 e. The van der Waals surface area contributed by atoms with Crippen LogP contribution in [-0.2, 0) is 0 Å². The van der Waals surface area contributed by atoms with Gasteiger partial charge in [-0.25, -0.2) is 0 Å².